The largest absolute Gasteiger partial charge is 0.486 e. The lowest BCUT2D eigenvalue weighted by molar-refractivity contribution is -0.119. The standard InChI is InChI=1S/C18H23N5O3S/c1-10(2)17(11-3-4-12-13(7-11)26-6-5-25-12)23-16(24)9-27-18-21-14(19)8-15(20)22-18/h3-4,7-8,10,17H,5-6,9H2,1-2H3,(H,23,24)(H4,19,20,21,22)/t17-/m1/s1. The van der Waals surface area contributed by atoms with Gasteiger partial charge in [-0.1, -0.05) is 31.7 Å². The summed E-state index contributed by atoms with van der Waals surface area (Å²) in [6, 6.07) is 7.08. The number of nitrogens with zero attached hydrogens (tertiary/aromatic N) is 2. The number of nitrogens with two attached hydrogens (primary N) is 2. The van der Waals surface area contributed by atoms with E-state index in [1.54, 1.807) is 0 Å². The van der Waals surface area contributed by atoms with Crippen LogP contribution in [0.15, 0.2) is 29.4 Å². The van der Waals surface area contributed by atoms with Gasteiger partial charge < -0.3 is 26.3 Å². The molecule has 27 heavy (non-hydrogen) atoms. The fourth-order valence-electron chi connectivity index (χ4n) is 2.76. The van der Waals surface area contributed by atoms with Crippen LogP contribution in [-0.2, 0) is 4.79 Å². The maximum absolute atomic E-state index is 12.5. The zero-order valence-electron chi connectivity index (χ0n) is 15.3. The molecule has 1 aliphatic heterocycles. The van der Waals surface area contributed by atoms with E-state index in [-0.39, 0.29) is 35.3 Å². The highest BCUT2D eigenvalue weighted by molar-refractivity contribution is 7.99. The Labute approximate surface area is 162 Å². The molecule has 8 nitrogen and oxygen atoms in total. The molecular formula is C18H23N5O3S. The minimum Gasteiger partial charge on any atom is -0.486 e. The third-order valence-corrected chi connectivity index (χ3v) is 4.83. The lowest BCUT2D eigenvalue weighted by Crippen LogP contribution is -2.33. The Kier molecular flexibility index (Phi) is 5.90. The first kappa shape index (κ1) is 19.1. The number of amides is 1. The summed E-state index contributed by atoms with van der Waals surface area (Å²) in [6.45, 7) is 5.17. The van der Waals surface area contributed by atoms with Gasteiger partial charge in [-0.15, -0.1) is 0 Å². The number of fused-ring (bicyclic) bond motifs is 1. The van der Waals surface area contributed by atoms with Gasteiger partial charge in [0.15, 0.2) is 16.7 Å². The molecule has 0 aliphatic carbocycles. The Balaban J connectivity index is 1.66. The van der Waals surface area contributed by atoms with Gasteiger partial charge in [0.05, 0.1) is 11.8 Å². The first-order chi connectivity index (χ1) is 12.9. The Morgan fingerprint density at radius 1 is 1.15 bits per heavy atom. The van der Waals surface area contributed by atoms with Crippen LogP contribution < -0.4 is 26.3 Å². The molecule has 0 fully saturated rings. The summed E-state index contributed by atoms with van der Waals surface area (Å²) in [7, 11) is 0. The molecule has 2 heterocycles. The van der Waals surface area contributed by atoms with Crippen LogP contribution in [0, 0.1) is 5.92 Å². The van der Waals surface area contributed by atoms with Gasteiger partial charge in [-0.05, 0) is 23.6 Å². The van der Waals surface area contributed by atoms with Gasteiger partial charge in [0.2, 0.25) is 5.91 Å². The SMILES string of the molecule is CC(C)[C@@H](NC(=O)CSc1nc(N)cc(N)n1)c1ccc2c(c1)OCCO2. The van der Waals surface area contributed by atoms with E-state index >= 15 is 0 Å². The van der Waals surface area contributed by atoms with Gasteiger partial charge in [-0.3, -0.25) is 4.79 Å². The van der Waals surface area contributed by atoms with E-state index in [1.165, 1.54) is 17.8 Å². The lowest BCUT2D eigenvalue weighted by Gasteiger charge is -2.25. The summed E-state index contributed by atoms with van der Waals surface area (Å²) in [5, 5.41) is 3.44. The number of hydrogen-bond acceptors (Lipinski definition) is 8. The highest BCUT2D eigenvalue weighted by Gasteiger charge is 2.21. The van der Waals surface area contributed by atoms with E-state index in [4.69, 9.17) is 20.9 Å². The second-order valence-electron chi connectivity index (χ2n) is 6.48. The molecule has 1 aromatic carbocycles. The quantitative estimate of drug-likeness (QED) is 0.506. The van der Waals surface area contributed by atoms with Crippen LogP contribution in [0.1, 0.15) is 25.5 Å². The van der Waals surface area contributed by atoms with Crippen molar-refractivity contribution >= 4 is 29.3 Å². The van der Waals surface area contributed by atoms with Crippen LogP contribution in [-0.4, -0.2) is 34.8 Å². The van der Waals surface area contributed by atoms with E-state index in [1.807, 2.05) is 18.2 Å². The second-order valence-corrected chi connectivity index (χ2v) is 7.42. The van der Waals surface area contributed by atoms with Crippen molar-refractivity contribution in [1.82, 2.24) is 15.3 Å². The molecule has 1 aliphatic rings. The molecule has 0 saturated heterocycles. The second kappa shape index (κ2) is 8.34. The highest BCUT2D eigenvalue weighted by atomic mass is 32.2. The highest BCUT2D eigenvalue weighted by Crippen LogP contribution is 2.34. The summed E-state index contributed by atoms with van der Waals surface area (Å²) in [4.78, 5) is 20.6. The molecule has 9 heteroatoms. The van der Waals surface area contributed by atoms with Gasteiger partial charge in [0, 0.05) is 6.07 Å². The molecule has 1 aromatic heterocycles. The Morgan fingerprint density at radius 3 is 2.48 bits per heavy atom. The van der Waals surface area contributed by atoms with Crippen LogP contribution in [0.2, 0.25) is 0 Å². The van der Waals surface area contributed by atoms with E-state index in [0.717, 1.165) is 11.3 Å². The topological polar surface area (TPSA) is 125 Å². The van der Waals surface area contributed by atoms with Crippen molar-refractivity contribution in [3.63, 3.8) is 0 Å². The minimum absolute atomic E-state index is 0.127. The predicted molar refractivity (Wildman–Crippen MR) is 105 cm³/mol. The average Bonchev–Trinajstić information content (AvgIpc) is 2.63. The summed E-state index contributed by atoms with van der Waals surface area (Å²) in [5.41, 5.74) is 12.3. The van der Waals surface area contributed by atoms with Crippen LogP contribution in [0.3, 0.4) is 0 Å². The number of anilines is 2. The van der Waals surface area contributed by atoms with Crippen molar-refractivity contribution in [1.29, 1.82) is 0 Å². The molecule has 1 atom stereocenters. The first-order valence-corrected chi connectivity index (χ1v) is 9.62. The molecule has 1 amide bonds. The third kappa shape index (κ3) is 4.94. The van der Waals surface area contributed by atoms with Crippen molar-refractivity contribution in [2.24, 2.45) is 5.92 Å². The number of carbonyl (C=O) groups is 1. The molecule has 0 unspecified atom stereocenters. The van der Waals surface area contributed by atoms with Crippen molar-refractivity contribution < 1.29 is 14.3 Å². The van der Waals surface area contributed by atoms with Crippen LogP contribution >= 0.6 is 11.8 Å². The number of hydrogen-bond donors (Lipinski definition) is 3. The van der Waals surface area contributed by atoms with E-state index in [2.05, 4.69) is 29.1 Å². The van der Waals surface area contributed by atoms with E-state index in [0.29, 0.717) is 24.1 Å². The van der Waals surface area contributed by atoms with Crippen molar-refractivity contribution in [2.45, 2.75) is 25.0 Å². The number of nitrogen functional groups attached to an aromatic ring is 2. The summed E-state index contributed by atoms with van der Waals surface area (Å²) in [5.74, 6) is 2.22. The Morgan fingerprint density at radius 2 is 1.81 bits per heavy atom. The van der Waals surface area contributed by atoms with Gasteiger partial charge in [-0.25, -0.2) is 9.97 Å². The van der Waals surface area contributed by atoms with Crippen molar-refractivity contribution in [3.05, 3.63) is 29.8 Å². The van der Waals surface area contributed by atoms with Gasteiger partial charge in [-0.2, -0.15) is 0 Å². The molecule has 0 saturated carbocycles. The van der Waals surface area contributed by atoms with E-state index in [9.17, 15) is 4.79 Å². The summed E-state index contributed by atoms with van der Waals surface area (Å²) in [6.07, 6.45) is 0. The smallest absolute Gasteiger partial charge is 0.230 e. The van der Waals surface area contributed by atoms with Gasteiger partial charge in [0.25, 0.3) is 0 Å². The summed E-state index contributed by atoms with van der Waals surface area (Å²) >= 11 is 1.19. The van der Waals surface area contributed by atoms with Gasteiger partial charge >= 0.3 is 0 Å². The number of rotatable bonds is 6. The van der Waals surface area contributed by atoms with Crippen LogP contribution in [0.25, 0.3) is 0 Å². The van der Waals surface area contributed by atoms with E-state index < -0.39 is 0 Å². The number of carbonyl (C=O) groups excluding carboxylic acids is 1. The molecule has 144 valence electrons. The lowest BCUT2D eigenvalue weighted by atomic mass is 9.95. The number of aromatic nitrogens is 2. The maximum Gasteiger partial charge on any atom is 0.230 e. The molecule has 5 N–H and O–H groups in total. The van der Waals surface area contributed by atoms with Gasteiger partial charge in [0.1, 0.15) is 24.8 Å². The normalized spacial score (nSPS) is 14.0. The molecule has 0 spiro atoms. The van der Waals surface area contributed by atoms with Crippen LogP contribution in [0.5, 0.6) is 11.5 Å². The monoisotopic (exact) mass is 389 g/mol. The molecule has 2 aromatic rings. The third-order valence-electron chi connectivity index (χ3n) is 3.99. The molecule has 0 radical (unpaired) electrons. The average molecular weight is 389 g/mol. The molecular weight excluding hydrogens is 366 g/mol. The zero-order chi connectivity index (χ0) is 19.4. The maximum atomic E-state index is 12.5. The molecule has 3 rings (SSSR count). The molecule has 0 bridgehead atoms. The van der Waals surface area contributed by atoms with Crippen molar-refractivity contribution in [2.75, 3.05) is 30.4 Å². The fourth-order valence-corrected chi connectivity index (χ4v) is 3.44. The van der Waals surface area contributed by atoms with Crippen molar-refractivity contribution in [3.8, 4) is 11.5 Å². The fraction of sp³-hybridized carbons (Fsp3) is 0.389. The number of ether oxygens (including phenoxy) is 2. The minimum atomic E-state index is -0.152. The van der Waals surface area contributed by atoms with Crippen LogP contribution in [0.4, 0.5) is 11.6 Å². The Bertz CT molecular complexity index is 810. The number of benzene rings is 1. The zero-order valence-corrected chi connectivity index (χ0v) is 16.1. The summed E-state index contributed by atoms with van der Waals surface area (Å²) < 4.78 is 11.2. The number of nitrogens with one attached hydrogen (secondary N) is 1. The predicted octanol–water partition coefficient (Wildman–Crippen LogP) is 2.02. The number of thioether (sulfide) groups is 1. The Hall–Kier alpha value is -2.68. The first-order valence-electron chi connectivity index (χ1n) is 8.64.